The first-order valence-corrected chi connectivity index (χ1v) is 6.10. The van der Waals surface area contributed by atoms with Crippen LogP contribution in [0, 0.1) is 6.92 Å². The van der Waals surface area contributed by atoms with E-state index < -0.39 is 0 Å². The van der Waals surface area contributed by atoms with Gasteiger partial charge in [0, 0.05) is 4.90 Å². The molecule has 0 fully saturated rings. The third kappa shape index (κ3) is 2.84. The zero-order valence-electron chi connectivity index (χ0n) is 9.05. The molecule has 17 heavy (non-hydrogen) atoms. The first-order chi connectivity index (χ1) is 8.20. The molecule has 0 N–H and O–H groups in total. The molecule has 0 bridgehead atoms. The molecule has 0 radical (unpaired) electrons. The van der Waals surface area contributed by atoms with E-state index in [-0.39, 0.29) is 5.15 Å². The molecular weight excluding hydrogens is 256 g/mol. The van der Waals surface area contributed by atoms with E-state index in [0.29, 0.717) is 16.9 Å². The fourth-order valence-corrected chi connectivity index (χ4v) is 2.34. The number of aryl methyl sites for hydroxylation is 1. The lowest BCUT2D eigenvalue weighted by molar-refractivity contribution is 0.112. The zero-order valence-corrected chi connectivity index (χ0v) is 10.6. The summed E-state index contributed by atoms with van der Waals surface area (Å²) < 4.78 is 0. The minimum absolute atomic E-state index is 0.185. The number of rotatable bonds is 3. The van der Waals surface area contributed by atoms with Gasteiger partial charge in [-0.05, 0) is 19.1 Å². The number of aldehydes is 1. The number of carbonyl (C=O) groups is 1. The molecule has 0 aliphatic carbocycles. The van der Waals surface area contributed by atoms with Gasteiger partial charge in [-0.2, -0.15) is 0 Å². The highest BCUT2D eigenvalue weighted by Gasteiger charge is 2.10. The van der Waals surface area contributed by atoms with Gasteiger partial charge in [-0.3, -0.25) is 4.79 Å². The summed E-state index contributed by atoms with van der Waals surface area (Å²) >= 11 is 7.22. The van der Waals surface area contributed by atoms with Crippen LogP contribution in [0.2, 0.25) is 5.15 Å². The van der Waals surface area contributed by atoms with Crippen molar-refractivity contribution in [3.8, 4) is 0 Å². The van der Waals surface area contributed by atoms with Gasteiger partial charge in [0.05, 0.1) is 5.56 Å². The lowest BCUT2D eigenvalue weighted by Gasteiger charge is -2.04. The molecule has 2 aromatic rings. The lowest BCUT2D eigenvalue weighted by atomic mass is 10.2. The highest BCUT2D eigenvalue weighted by molar-refractivity contribution is 7.99. The molecule has 0 unspecified atom stereocenters. The summed E-state index contributed by atoms with van der Waals surface area (Å²) in [6.07, 6.45) is 2.03. The zero-order chi connectivity index (χ0) is 12.3. The van der Waals surface area contributed by atoms with Crippen molar-refractivity contribution in [2.75, 3.05) is 0 Å². The molecule has 0 saturated carbocycles. The third-order valence-electron chi connectivity index (χ3n) is 2.15. The summed E-state index contributed by atoms with van der Waals surface area (Å²) in [5.41, 5.74) is 1.52. The van der Waals surface area contributed by atoms with Gasteiger partial charge in [-0.25, -0.2) is 9.97 Å². The normalized spacial score (nSPS) is 10.2. The average molecular weight is 265 g/mol. The number of halogens is 1. The molecule has 2 rings (SSSR count). The Bertz CT molecular complexity index is 543. The summed E-state index contributed by atoms with van der Waals surface area (Å²) in [6, 6.07) is 7.96. The van der Waals surface area contributed by atoms with Gasteiger partial charge in [0.2, 0.25) is 0 Å². The second-order valence-corrected chi connectivity index (χ2v) is 4.84. The molecule has 5 heteroatoms. The molecule has 0 amide bonds. The van der Waals surface area contributed by atoms with Crippen LogP contribution in [0.1, 0.15) is 15.9 Å². The van der Waals surface area contributed by atoms with Crippen LogP contribution >= 0.6 is 23.4 Å². The molecular formula is C12H9ClN2OS. The van der Waals surface area contributed by atoms with E-state index in [1.807, 2.05) is 31.2 Å². The maximum Gasteiger partial charge on any atom is 0.155 e. The Balaban J connectivity index is 2.33. The summed E-state index contributed by atoms with van der Waals surface area (Å²) in [4.78, 5) is 19.8. The van der Waals surface area contributed by atoms with Gasteiger partial charge >= 0.3 is 0 Å². The van der Waals surface area contributed by atoms with Crippen molar-refractivity contribution in [1.29, 1.82) is 0 Å². The Morgan fingerprint density at radius 2 is 1.94 bits per heavy atom. The van der Waals surface area contributed by atoms with Crippen LogP contribution in [-0.2, 0) is 0 Å². The monoisotopic (exact) mass is 264 g/mol. The van der Waals surface area contributed by atoms with Gasteiger partial charge in [-0.1, -0.05) is 41.1 Å². The van der Waals surface area contributed by atoms with Crippen molar-refractivity contribution >= 4 is 29.6 Å². The minimum atomic E-state index is 0.185. The first kappa shape index (κ1) is 12.1. The minimum Gasteiger partial charge on any atom is -0.298 e. The van der Waals surface area contributed by atoms with Crippen LogP contribution in [0.5, 0.6) is 0 Å². The maximum atomic E-state index is 10.9. The predicted molar refractivity (Wildman–Crippen MR) is 67.7 cm³/mol. The van der Waals surface area contributed by atoms with Crippen LogP contribution in [-0.4, -0.2) is 16.3 Å². The van der Waals surface area contributed by atoms with E-state index in [1.165, 1.54) is 23.7 Å². The van der Waals surface area contributed by atoms with E-state index in [1.54, 1.807) is 0 Å². The second-order valence-electron chi connectivity index (χ2n) is 3.42. The molecule has 86 valence electrons. The van der Waals surface area contributed by atoms with E-state index in [9.17, 15) is 4.79 Å². The average Bonchev–Trinajstić information content (AvgIpc) is 2.32. The quantitative estimate of drug-likeness (QED) is 0.629. The fraction of sp³-hybridized carbons (Fsp3) is 0.0833. The van der Waals surface area contributed by atoms with Gasteiger partial charge in [0.15, 0.2) is 6.29 Å². The molecule has 1 aromatic heterocycles. The first-order valence-electron chi connectivity index (χ1n) is 4.91. The molecule has 0 spiro atoms. The molecule has 3 nitrogen and oxygen atoms in total. The lowest BCUT2D eigenvalue weighted by Crippen LogP contribution is -1.93. The Morgan fingerprint density at radius 1 is 1.24 bits per heavy atom. The number of aromatic nitrogens is 2. The topological polar surface area (TPSA) is 42.9 Å². The Kier molecular flexibility index (Phi) is 3.76. The molecule has 0 aliphatic rings. The fourth-order valence-electron chi connectivity index (χ4n) is 1.26. The molecule has 0 saturated heterocycles. The Labute approximate surface area is 108 Å². The Morgan fingerprint density at radius 3 is 2.59 bits per heavy atom. The largest absolute Gasteiger partial charge is 0.298 e. The molecule has 0 atom stereocenters. The summed E-state index contributed by atoms with van der Waals surface area (Å²) in [5, 5.41) is 0.758. The van der Waals surface area contributed by atoms with Crippen molar-refractivity contribution in [1.82, 2.24) is 9.97 Å². The van der Waals surface area contributed by atoms with Crippen molar-refractivity contribution in [3.05, 3.63) is 46.9 Å². The van der Waals surface area contributed by atoms with Crippen LogP contribution in [0.3, 0.4) is 0 Å². The van der Waals surface area contributed by atoms with Crippen LogP contribution in [0.4, 0.5) is 0 Å². The number of carbonyl (C=O) groups excluding carboxylic acids is 1. The predicted octanol–water partition coefficient (Wildman–Crippen LogP) is 3.40. The van der Waals surface area contributed by atoms with Crippen LogP contribution < -0.4 is 0 Å². The number of nitrogens with zero attached hydrogens (tertiary/aromatic N) is 2. The molecule has 0 aliphatic heterocycles. The molecule has 1 heterocycles. The summed E-state index contributed by atoms with van der Waals surface area (Å²) in [5.74, 6) is 0. The SMILES string of the molecule is Cc1ccc(Sc2ncnc(Cl)c2C=O)cc1. The Hall–Kier alpha value is -1.39. The molecule has 1 aromatic carbocycles. The van der Waals surface area contributed by atoms with Crippen LogP contribution in [0.25, 0.3) is 0 Å². The van der Waals surface area contributed by atoms with Gasteiger partial charge in [0.1, 0.15) is 16.5 Å². The third-order valence-corrected chi connectivity index (χ3v) is 3.48. The summed E-state index contributed by atoms with van der Waals surface area (Å²) in [7, 11) is 0. The summed E-state index contributed by atoms with van der Waals surface area (Å²) in [6.45, 7) is 2.02. The van der Waals surface area contributed by atoms with Crippen molar-refractivity contribution in [2.24, 2.45) is 0 Å². The number of hydrogen-bond donors (Lipinski definition) is 0. The highest BCUT2D eigenvalue weighted by Crippen LogP contribution is 2.30. The van der Waals surface area contributed by atoms with Crippen LogP contribution in [0.15, 0.2) is 40.5 Å². The maximum absolute atomic E-state index is 10.9. The number of benzene rings is 1. The van der Waals surface area contributed by atoms with Gasteiger partial charge in [0.25, 0.3) is 0 Å². The van der Waals surface area contributed by atoms with E-state index in [2.05, 4.69) is 9.97 Å². The van der Waals surface area contributed by atoms with Gasteiger partial charge < -0.3 is 0 Å². The second kappa shape index (κ2) is 5.29. The smallest absolute Gasteiger partial charge is 0.155 e. The van der Waals surface area contributed by atoms with E-state index in [4.69, 9.17) is 11.6 Å². The van der Waals surface area contributed by atoms with E-state index >= 15 is 0 Å². The van der Waals surface area contributed by atoms with Crippen molar-refractivity contribution in [2.45, 2.75) is 16.8 Å². The van der Waals surface area contributed by atoms with E-state index in [0.717, 1.165) is 4.90 Å². The van der Waals surface area contributed by atoms with Gasteiger partial charge in [-0.15, -0.1) is 0 Å². The highest BCUT2D eigenvalue weighted by atomic mass is 35.5. The standard InChI is InChI=1S/C12H9ClN2OS/c1-8-2-4-9(5-3-8)17-12-10(6-16)11(13)14-7-15-12/h2-7H,1H3. The van der Waals surface area contributed by atoms with Crippen molar-refractivity contribution in [3.63, 3.8) is 0 Å². The number of hydrogen-bond acceptors (Lipinski definition) is 4. The van der Waals surface area contributed by atoms with Crippen molar-refractivity contribution < 1.29 is 4.79 Å².